The monoisotopic (exact) mass is 387 g/mol. The molecule has 3 heterocycles. The highest BCUT2D eigenvalue weighted by molar-refractivity contribution is 7.91. The summed E-state index contributed by atoms with van der Waals surface area (Å²) in [6.45, 7) is 0.593. The summed E-state index contributed by atoms with van der Waals surface area (Å²) < 4.78 is 33.2. The number of hydrogen-bond donors (Lipinski definition) is 0. The summed E-state index contributed by atoms with van der Waals surface area (Å²) in [5, 5.41) is 1.99. The van der Waals surface area contributed by atoms with Crippen LogP contribution in [0.2, 0.25) is 4.34 Å². The summed E-state index contributed by atoms with van der Waals surface area (Å²) in [6.07, 6.45) is 2.21. The van der Waals surface area contributed by atoms with E-state index in [1.165, 1.54) is 4.31 Å². The first kappa shape index (κ1) is 16.7. The van der Waals surface area contributed by atoms with Crippen LogP contribution in [0.5, 0.6) is 0 Å². The molecule has 122 valence electrons. The fourth-order valence-electron chi connectivity index (χ4n) is 2.11. The van der Waals surface area contributed by atoms with E-state index in [1.807, 2.05) is 17.5 Å². The highest BCUT2D eigenvalue weighted by atomic mass is 35.5. The van der Waals surface area contributed by atoms with Gasteiger partial charge in [0, 0.05) is 11.4 Å². The fraction of sp³-hybridized carbons (Fsp3) is 0.200. The van der Waals surface area contributed by atoms with Gasteiger partial charge >= 0.3 is 0 Å². The molecular formula is C15H14ClNO3S3. The normalized spacial score (nSPS) is 12.1. The lowest BCUT2D eigenvalue weighted by molar-refractivity contribution is 0.367. The van der Waals surface area contributed by atoms with Crippen LogP contribution in [0.1, 0.15) is 10.6 Å². The van der Waals surface area contributed by atoms with Gasteiger partial charge in [-0.15, -0.1) is 22.7 Å². The van der Waals surface area contributed by atoms with Crippen LogP contribution >= 0.6 is 34.3 Å². The Bertz CT molecular complexity index is 839. The van der Waals surface area contributed by atoms with Gasteiger partial charge in [0.25, 0.3) is 10.0 Å². The zero-order valence-corrected chi connectivity index (χ0v) is 15.2. The van der Waals surface area contributed by atoms with Crippen molar-refractivity contribution in [2.75, 3.05) is 6.54 Å². The summed E-state index contributed by atoms with van der Waals surface area (Å²) in [6, 6.07) is 10.6. The molecule has 23 heavy (non-hydrogen) atoms. The maximum atomic E-state index is 12.9. The van der Waals surface area contributed by atoms with Crippen LogP contribution in [0.15, 0.2) is 56.7 Å². The molecule has 3 rings (SSSR count). The molecule has 0 bridgehead atoms. The quantitative estimate of drug-likeness (QED) is 0.600. The molecule has 0 saturated heterocycles. The van der Waals surface area contributed by atoms with Crippen LogP contribution in [-0.2, 0) is 23.0 Å². The van der Waals surface area contributed by atoms with Crippen LogP contribution in [0, 0.1) is 0 Å². The minimum absolute atomic E-state index is 0.205. The molecular weight excluding hydrogens is 374 g/mol. The Morgan fingerprint density at radius 2 is 2.04 bits per heavy atom. The zero-order chi connectivity index (χ0) is 16.3. The maximum absolute atomic E-state index is 12.9. The molecule has 0 fully saturated rings. The Morgan fingerprint density at radius 3 is 2.65 bits per heavy atom. The molecule has 0 spiro atoms. The molecule has 4 nitrogen and oxygen atoms in total. The van der Waals surface area contributed by atoms with Gasteiger partial charge in [-0.1, -0.05) is 17.7 Å². The van der Waals surface area contributed by atoms with Crippen LogP contribution in [-0.4, -0.2) is 19.3 Å². The van der Waals surface area contributed by atoms with Crippen molar-refractivity contribution in [3.63, 3.8) is 0 Å². The Morgan fingerprint density at radius 1 is 1.17 bits per heavy atom. The van der Waals surface area contributed by atoms with Crippen molar-refractivity contribution in [1.29, 1.82) is 0 Å². The lowest BCUT2D eigenvalue weighted by atomic mass is 10.3. The molecule has 0 amide bonds. The van der Waals surface area contributed by atoms with E-state index in [1.54, 1.807) is 41.9 Å². The van der Waals surface area contributed by atoms with Gasteiger partial charge in [0.15, 0.2) is 0 Å². The standard InChI is InChI=1S/C15H14ClNO3S3/c16-14-5-6-15(22-14)23(18,19)17(11-12-3-1-9-20-12)8-7-13-4-2-10-21-13/h1-6,9-10H,7-8,11H2. The second-order valence-electron chi connectivity index (χ2n) is 4.81. The van der Waals surface area contributed by atoms with Gasteiger partial charge in [-0.2, -0.15) is 4.31 Å². The van der Waals surface area contributed by atoms with E-state index < -0.39 is 10.0 Å². The second-order valence-corrected chi connectivity index (χ2v) is 9.72. The predicted molar refractivity (Wildman–Crippen MR) is 93.7 cm³/mol. The molecule has 0 radical (unpaired) electrons. The third kappa shape index (κ3) is 4.05. The van der Waals surface area contributed by atoms with E-state index in [-0.39, 0.29) is 10.8 Å². The number of rotatable bonds is 7. The van der Waals surface area contributed by atoms with Crippen LogP contribution in [0.3, 0.4) is 0 Å². The maximum Gasteiger partial charge on any atom is 0.253 e. The Labute approximate surface area is 148 Å². The Kier molecular flexibility index (Phi) is 5.23. The first-order valence-electron chi connectivity index (χ1n) is 6.86. The average Bonchev–Trinajstić information content (AvgIpc) is 3.25. The molecule has 0 aromatic carbocycles. The Hall–Kier alpha value is -1.12. The van der Waals surface area contributed by atoms with E-state index >= 15 is 0 Å². The van der Waals surface area contributed by atoms with Crippen LogP contribution in [0.25, 0.3) is 0 Å². The molecule has 0 atom stereocenters. The second kappa shape index (κ2) is 7.19. The number of furan rings is 1. The summed E-state index contributed by atoms with van der Waals surface area (Å²) in [5.41, 5.74) is 0. The van der Waals surface area contributed by atoms with Crippen molar-refractivity contribution >= 4 is 44.3 Å². The lowest BCUT2D eigenvalue weighted by Crippen LogP contribution is -2.31. The molecule has 3 aromatic heterocycles. The van der Waals surface area contributed by atoms with Gasteiger partial charge in [-0.05, 0) is 42.1 Å². The summed E-state index contributed by atoms with van der Waals surface area (Å²) in [5.74, 6) is 0.613. The van der Waals surface area contributed by atoms with Gasteiger partial charge in [-0.25, -0.2) is 8.42 Å². The molecule has 0 N–H and O–H groups in total. The smallest absolute Gasteiger partial charge is 0.253 e. The van der Waals surface area contributed by atoms with Crippen LogP contribution in [0.4, 0.5) is 0 Å². The topological polar surface area (TPSA) is 50.5 Å². The van der Waals surface area contributed by atoms with Gasteiger partial charge < -0.3 is 4.42 Å². The largest absolute Gasteiger partial charge is 0.468 e. The summed E-state index contributed by atoms with van der Waals surface area (Å²) in [4.78, 5) is 1.15. The van der Waals surface area contributed by atoms with Crippen molar-refractivity contribution in [3.8, 4) is 0 Å². The molecule has 0 aliphatic heterocycles. The Balaban J connectivity index is 1.84. The van der Waals surface area contributed by atoms with E-state index in [0.29, 0.717) is 23.1 Å². The third-order valence-corrected chi connectivity index (χ3v) is 7.72. The highest BCUT2D eigenvalue weighted by Crippen LogP contribution is 2.29. The van der Waals surface area contributed by atoms with Gasteiger partial charge in [0.05, 0.1) is 17.1 Å². The molecule has 0 aliphatic carbocycles. The first-order chi connectivity index (χ1) is 11.1. The molecule has 8 heteroatoms. The molecule has 0 unspecified atom stereocenters. The van der Waals surface area contributed by atoms with Crippen molar-refractivity contribution in [2.45, 2.75) is 17.2 Å². The van der Waals surface area contributed by atoms with Crippen molar-refractivity contribution in [2.24, 2.45) is 0 Å². The highest BCUT2D eigenvalue weighted by Gasteiger charge is 2.27. The van der Waals surface area contributed by atoms with E-state index in [4.69, 9.17) is 16.0 Å². The number of thiophene rings is 2. The lowest BCUT2D eigenvalue weighted by Gasteiger charge is -2.20. The number of hydrogen-bond acceptors (Lipinski definition) is 5. The van der Waals surface area contributed by atoms with E-state index in [0.717, 1.165) is 16.2 Å². The minimum atomic E-state index is -3.60. The van der Waals surface area contributed by atoms with E-state index in [2.05, 4.69) is 0 Å². The van der Waals surface area contributed by atoms with E-state index in [9.17, 15) is 8.42 Å². The predicted octanol–water partition coefficient (Wildman–Crippen LogP) is 4.49. The van der Waals surface area contributed by atoms with Crippen molar-refractivity contribution < 1.29 is 12.8 Å². The number of nitrogens with zero attached hydrogens (tertiary/aromatic N) is 1. The SMILES string of the molecule is O=S(=O)(c1ccc(Cl)s1)N(CCc1cccs1)Cc1ccco1. The summed E-state index contributed by atoms with van der Waals surface area (Å²) in [7, 11) is -3.60. The van der Waals surface area contributed by atoms with Crippen molar-refractivity contribution in [1.82, 2.24) is 4.31 Å². The molecule has 0 aliphatic rings. The minimum Gasteiger partial charge on any atom is -0.468 e. The third-order valence-electron chi connectivity index (χ3n) is 3.24. The van der Waals surface area contributed by atoms with Gasteiger partial charge in [-0.3, -0.25) is 0 Å². The molecule has 0 saturated carbocycles. The molecule has 3 aromatic rings. The van der Waals surface area contributed by atoms with Gasteiger partial charge in [0.1, 0.15) is 9.97 Å². The van der Waals surface area contributed by atoms with Crippen LogP contribution < -0.4 is 0 Å². The fourth-order valence-corrected chi connectivity index (χ4v) is 5.86. The number of halogens is 1. The number of sulfonamides is 1. The summed E-state index contributed by atoms with van der Waals surface area (Å²) >= 11 is 8.58. The zero-order valence-electron chi connectivity index (χ0n) is 12.0. The van der Waals surface area contributed by atoms with Crippen molar-refractivity contribution in [3.05, 3.63) is 63.0 Å². The first-order valence-corrected chi connectivity index (χ1v) is 10.4. The average molecular weight is 388 g/mol. The van der Waals surface area contributed by atoms with Gasteiger partial charge in [0.2, 0.25) is 0 Å².